The molecule has 4 nitrogen and oxygen atoms in total. The monoisotopic (exact) mass is 271 g/mol. The summed E-state index contributed by atoms with van der Waals surface area (Å²) < 4.78 is 28.5. The summed E-state index contributed by atoms with van der Waals surface area (Å²) in [4.78, 5) is 0. The van der Waals surface area contributed by atoms with Crippen LogP contribution in [0.3, 0.4) is 0 Å². The quantitative estimate of drug-likeness (QED) is 0.662. The third-order valence-corrected chi connectivity index (χ3v) is 2.57. The highest BCUT2D eigenvalue weighted by atomic mass is 19.1. The van der Waals surface area contributed by atoms with Gasteiger partial charge in [-0.1, -0.05) is 6.07 Å². The maximum atomic E-state index is 13.0. The maximum absolute atomic E-state index is 13.0. The van der Waals surface area contributed by atoms with Crippen LogP contribution >= 0.6 is 0 Å². The van der Waals surface area contributed by atoms with Crippen LogP contribution < -0.4 is 5.32 Å². The van der Waals surface area contributed by atoms with Gasteiger partial charge in [-0.05, 0) is 24.6 Å². The van der Waals surface area contributed by atoms with Gasteiger partial charge in [-0.3, -0.25) is 0 Å². The van der Waals surface area contributed by atoms with Gasteiger partial charge in [0.1, 0.15) is 5.82 Å². The van der Waals surface area contributed by atoms with Crippen LogP contribution in [0.2, 0.25) is 0 Å². The molecule has 0 saturated heterocycles. The Morgan fingerprint density at radius 3 is 2.47 bits per heavy atom. The molecule has 0 aliphatic heterocycles. The Bertz CT molecular complexity index is 361. The number of halogens is 1. The first-order valence-electron chi connectivity index (χ1n) is 6.38. The molecule has 1 aromatic carbocycles. The lowest BCUT2D eigenvalue weighted by atomic mass is 10.2. The predicted octanol–water partition coefficient (Wildman–Crippen LogP) is 2.23. The van der Waals surface area contributed by atoms with Gasteiger partial charge in [-0.25, -0.2) is 4.39 Å². The SMILES string of the molecule is COCCOCCOCCNc1cc(F)ccc1C. The lowest BCUT2D eigenvalue weighted by Crippen LogP contribution is -2.14. The molecule has 0 aliphatic rings. The molecule has 0 spiro atoms. The van der Waals surface area contributed by atoms with E-state index in [-0.39, 0.29) is 5.82 Å². The van der Waals surface area contributed by atoms with E-state index in [1.54, 1.807) is 13.2 Å². The molecule has 0 aromatic heterocycles. The van der Waals surface area contributed by atoms with Crippen LogP contribution in [0, 0.1) is 12.7 Å². The van der Waals surface area contributed by atoms with E-state index in [0.29, 0.717) is 39.6 Å². The number of nitrogens with one attached hydrogen (secondary N) is 1. The average molecular weight is 271 g/mol. The Labute approximate surface area is 113 Å². The van der Waals surface area contributed by atoms with E-state index in [1.807, 2.05) is 6.92 Å². The zero-order valence-electron chi connectivity index (χ0n) is 11.6. The van der Waals surface area contributed by atoms with Crippen molar-refractivity contribution < 1.29 is 18.6 Å². The van der Waals surface area contributed by atoms with Gasteiger partial charge in [0.25, 0.3) is 0 Å². The van der Waals surface area contributed by atoms with Gasteiger partial charge in [-0.2, -0.15) is 0 Å². The molecule has 1 rings (SSSR count). The maximum Gasteiger partial charge on any atom is 0.125 e. The normalized spacial score (nSPS) is 10.7. The third kappa shape index (κ3) is 7.10. The molecule has 0 unspecified atom stereocenters. The number of methoxy groups -OCH3 is 1. The van der Waals surface area contributed by atoms with Crippen molar-refractivity contribution in [3.63, 3.8) is 0 Å². The minimum atomic E-state index is -0.236. The molecular formula is C14H22FNO3. The largest absolute Gasteiger partial charge is 0.382 e. The molecule has 1 aromatic rings. The Morgan fingerprint density at radius 1 is 1.05 bits per heavy atom. The molecule has 0 fully saturated rings. The van der Waals surface area contributed by atoms with E-state index in [9.17, 15) is 4.39 Å². The fourth-order valence-corrected chi connectivity index (χ4v) is 1.51. The second-order valence-electron chi connectivity index (χ2n) is 4.10. The van der Waals surface area contributed by atoms with E-state index in [4.69, 9.17) is 14.2 Å². The zero-order chi connectivity index (χ0) is 13.9. The van der Waals surface area contributed by atoms with Crippen molar-refractivity contribution in [3.8, 4) is 0 Å². The van der Waals surface area contributed by atoms with E-state index < -0.39 is 0 Å². The summed E-state index contributed by atoms with van der Waals surface area (Å²) in [7, 11) is 1.64. The molecule has 1 N–H and O–H groups in total. The zero-order valence-corrected chi connectivity index (χ0v) is 11.6. The van der Waals surface area contributed by atoms with Crippen LogP contribution in [-0.2, 0) is 14.2 Å². The van der Waals surface area contributed by atoms with Crippen LogP contribution in [-0.4, -0.2) is 46.7 Å². The van der Waals surface area contributed by atoms with Crippen LogP contribution in [0.1, 0.15) is 5.56 Å². The fraction of sp³-hybridized carbons (Fsp3) is 0.571. The highest BCUT2D eigenvalue weighted by Crippen LogP contribution is 2.15. The smallest absolute Gasteiger partial charge is 0.125 e. The number of hydrogen-bond acceptors (Lipinski definition) is 4. The molecule has 108 valence electrons. The number of anilines is 1. The van der Waals surface area contributed by atoms with Crippen LogP contribution in [0.25, 0.3) is 0 Å². The second kappa shape index (κ2) is 9.72. The lowest BCUT2D eigenvalue weighted by Gasteiger charge is -2.10. The summed E-state index contributed by atoms with van der Waals surface area (Å²) in [5.74, 6) is -0.236. The molecule has 19 heavy (non-hydrogen) atoms. The highest BCUT2D eigenvalue weighted by Gasteiger charge is 1.99. The van der Waals surface area contributed by atoms with Crippen molar-refractivity contribution in [2.24, 2.45) is 0 Å². The van der Waals surface area contributed by atoms with E-state index in [0.717, 1.165) is 11.3 Å². The molecule has 0 bridgehead atoms. The summed E-state index contributed by atoms with van der Waals surface area (Å²) in [5.41, 5.74) is 1.82. The highest BCUT2D eigenvalue weighted by molar-refractivity contribution is 5.50. The van der Waals surface area contributed by atoms with Gasteiger partial charge >= 0.3 is 0 Å². The molecule has 0 heterocycles. The van der Waals surface area contributed by atoms with Gasteiger partial charge in [0.2, 0.25) is 0 Å². The number of rotatable bonds is 10. The van der Waals surface area contributed by atoms with Gasteiger partial charge in [0.05, 0.1) is 33.0 Å². The number of benzene rings is 1. The van der Waals surface area contributed by atoms with Gasteiger partial charge in [-0.15, -0.1) is 0 Å². The molecule has 0 aliphatic carbocycles. The third-order valence-electron chi connectivity index (χ3n) is 2.57. The fourth-order valence-electron chi connectivity index (χ4n) is 1.51. The lowest BCUT2D eigenvalue weighted by molar-refractivity contribution is 0.0272. The first kappa shape index (κ1) is 15.9. The molecular weight excluding hydrogens is 249 g/mol. The van der Waals surface area contributed by atoms with Crippen molar-refractivity contribution in [1.29, 1.82) is 0 Å². The average Bonchev–Trinajstić information content (AvgIpc) is 2.40. The summed E-state index contributed by atoms with van der Waals surface area (Å²) in [6.07, 6.45) is 0. The number of ether oxygens (including phenoxy) is 3. The number of hydrogen-bond donors (Lipinski definition) is 1. The Morgan fingerprint density at radius 2 is 1.74 bits per heavy atom. The van der Waals surface area contributed by atoms with Gasteiger partial charge in [0, 0.05) is 19.3 Å². The molecule has 5 heteroatoms. The summed E-state index contributed by atoms with van der Waals surface area (Å²) in [6.45, 7) is 5.43. The molecule has 0 saturated carbocycles. The van der Waals surface area contributed by atoms with Gasteiger partial charge in [0.15, 0.2) is 0 Å². The number of aryl methyl sites for hydroxylation is 1. The summed E-state index contributed by atoms with van der Waals surface area (Å²) >= 11 is 0. The van der Waals surface area contributed by atoms with E-state index >= 15 is 0 Å². The standard InChI is InChI=1S/C14H22FNO3/c1-12-3-4-13(15)11-14(12)16-5-6-18-9-10-19-8-7-17-2/h3-4,11,16H,5-10H2,1-2H3. The van der Waals surface area contributed by atoms with Crippen LogP contribution in [0.15, 0.2) is 18.2 Å². The van der Waals surface area contributed by atoms with Crippen LogP contribution in [0.4, 0.5) is 10.1 Å². The first-order valence-corrected chi connectivity index (χ1v) is 6.38. The Kier molecular flexibility index (Phi) is 8.13. The van der Waals surface area contributed by atoms with Crippen molar-refractivity contribution in [2.75, 3.05) is 52.0 Å². The van der Waals surface area contributed by atoms with Crippen molar-refractivity contribution in [3.05, 3.63) is 29.6 Å². The summed E-state index contributed by atoms with van der Waals surface area (Å²) in [5, 5.41) is 3.14. The van der Waals surface area contributed by atoms with Gasteiger partial charge < -0.3 is 19.5 Å². The topological polar surface area (TPSA) is 39.7 Å². The minimum Gasteiger partial charge on any atom is -0.382 e. The van der Waals surface area contributed by atoms with Crippen molar-refractivity contribution in [1.82, 2.24) is 0 Å². The Hall–Kier alpha value is -1.17. The Balaban J connectivity index is 2.03. The first-order chi connectivity index (χ1) is 9.24. The van der Waals surface area contributed by atoms with E-state index in [1.165, 1.54) is 12.1 Å². The van der Waals surface area contributed by atoms with E-state index in [2.05, 4.69) is 5.32 Å². The van der Waals surface area contributed by atoms with Crippen LogP contribution in [0.5, 0.6) is 0 Å². The second-order valence-corrected chi connectivity index (χ2v) is 4.10. The molecule has 0 amide bonds. The molecule has 0 atom stereocenters. The molecule has 0 radical (unpaired) electrons. The predicted molar refractivity (Wildman–Crippen MR) is 73.1 cm³/mol. The summed E-state index contributed by atoms with van der Waals surface area (Å²) in [6, 6.07) is 4.69. The van der Waals surface area contributed by atoms with Crippen molar-refractivity contribution in [2.45, 2.75) is 6.92 Å². The minimum absolute atomic E-state index is 0.236. The van der Waals surface area contributed by atoms with Crippen molar-refractivity contribution >= 4 is 5.69 Å².